The Kier molecular flexibility index (Phi) is 4.15. The summed E-state index contributed by atoms with van der Waals surface area (Å²) in [7, 11) is 0. The van der Waals surface area contributed by atoms with Gasteiger partial charge in [-0.3, -0.25) is 0 Å². The molecule has 17 heavy (non-hydrogen) atoms. The van der Waals surface area contributed by atoms with Gasteiger partial charge >= 0.3 is 11.8 Å². The number of hydrogen-bond donors (Lipinski definition) is 1. The second-order valence-electron chi connectivity index (χ2n) is 3.20. The zero-order chi connectivity index (χ0) is 12.8. The number of aromatic nitrogens is 1. The number of rotatable bonds is 5. The fourth-order valence-corrected chi connectivity index (χ4v) is 1.08. The molecule has 0 bridgehead atoms. The van der Waals surface area contributed by atoms with Gasteiger partial charge in [0.2, 0.25) is 5.75 Å². The third kappa shape index (κ3) is 3.90. The lowest BCUT2D eigenvalue weighted by molar-refractivity contribution is -0.390. The van der Waals surface area contributed by atoms with Crippen molar-refractivity contribution in [3.63, 3.8) is 0 Å². The molecule has 0 atom stereocenters. The van der Waals surface area contributed by atoms with E-state index in [0.29, 0.717) is 5.57 Å². The smallest absolute Gasteiger partial charge is 0.406 e. The van der Waals surface area contributed by atoms with Crippen molar-refractivity contribution in [2.75, 3.05) is 6.61 Å². The maximum absolute atomic E-state index is 10.6. The number of pyridine rings is 1. The molecule has 7 heteroatoms. The van der Waals surface area contributed by atoms with Crippen LogP contribution in [0.3, 0.4) is 0 Å². The van der Waals surface area contributed by atoms with E-state index in [9.17, 15) is 14.9 Å². The Labute approximate surface area is 96.5 Å². The van der Waals surface area contributed by atoms with E-state index in [1.165, 1.54) is 18.3 Å². The van der Waals surface area contributed by atoms with Crippen LogP contribution < -0.4 is 4.74 Å². The lowest BCUT2D eigenvalue weighted by atomic mass is 10.3. The molecule has 0 unspecified atom stereocenters. The summed E-state index contributed by atoms with van der Waals surface area (Å²) in [6.45, 7) is 1.51. The fourth-order valence-electron chi connectivity index (χ4n) is 1.08. The summed E-state index contributed by atoms with van der Waals surface area (Å²) < 4.78 is 5.13. The second kappa shape index (κ2) is 5.59. The van der Waals surface area contributed by atoms with Gasteiger partial charge < -0.3 is 20.0 Å². The lowest BCUT2D eigenvalue weighted by Gasteiger charge is -2.05. The van der Waals surface area contributed by atoms with Gasteiger partial charge in [-0.25, -0.2) is 4.79 Å². The zero-order valence-electron chi connectivity index (χ0n) is 8.99. The molecule has 1 N–H and O–H groups in total. The Balaban J connectivity index is 2.76. The molecule has 0 amide bonds. The predicted octanol–water partition coefficient (Wildman–Crippen LogP) is 1.40. The van der Waals surface area contributed by atoms with Gasteiger partial charge in [0.1, 0.15) is 12.8 Å². The zero-order valence-corrected chi connectivity index (χ0v) is 8.99. The van der Waals surface area contributed by atoms with Crippen LogP contribution in [0.2, 0.25) is 0 Å². The molecule has 1 aromatic heterocycles. The number of carboxylic acid groups (broad SMARTS) is 1. The van der Waals surface area contributed by atoms with Crippen molar-refractivity contribution >= 4 is 11.8 Å². The van der Waals surface area contributed by atoms with Crippen LogP contribution in [-0.2, 0) is 4.79 Å². The molecular formula is C10H10N2O5. The van der Waals surface area contributed by atoms with Gasteiger partial charge in [0, 0.05) is 6.08 Å². The lowest BCUT2D eigenvalue weighted by Crippen LogP contribution is -2.04. The maximum atomic E-state index is 10.6. The normalized spacial score (nSPS) is 11.0. The fraction of sp³-hybridized carbons (Fsp3) is 0.200. The monoisotopic (exact) mass is 238 g/mol. The summed E-state index contributed by atoms with van der Waals surface area (Å²) in [6.07, 6.45) is 2.26. The Hall–Kier alpha value is -2.44. The Morgan fingerprint density at radius 2 is 2.41 bits per heavy atom. The Bertz CT molecular complexity index is 470. The molecule has 7 nitrogen and oxygen atoms in total. The highest BCUT2D eigenvalue weighted by Crippen LogP contribution is 2.23. The molecule has 0 radical (unpaired) electrons. The molecule has 1 heterocycles. The van der Waals surface area contributed by atoms with Gasteiger partial charge in [-0.2, -0.15) is 0 Å². The molecule has 0 aliphatic rings. The molecule has 1 aromatic rings. The molecule has 90 valence electrons. The number of aliphatic carboxylic acids is 1. The topological polar surface area (TPSA) is 103 Å². The van der Waals surface area contributed by atoms with Crippen LogP contribution in [-0.4, -0.2) is 27.6 Å². The average molecular weight is 238 g/mol. The van der Waals surface area contributed by atoms with E-state index in [2.05, 4.69) is 4.98 Å². The number of carbonyl (C=O) groups is 1. The minimum Gasteiger partial charge on any atom is -0.481 e. The first kappa shape index (κ1) is 12.6. The van der Waals surface area contributed by atoms with Gasteiger partial charge in [0.15, 0.2) is 0 Å². The van der Waals surface area contributed by atoms with Gasteiger partial charge in [-0.05, 0) is 34.5 Å². The minimum atomic E-state index is -1.09. The summed E-state index contributed by atoms with van der Waals surface area (Å²) in [4.78, 5) is 23.8. The summed E-state index contributed by atoms with van der Waals surface area (Å²) in [5.74, 6) is -1.47. The van der Waals surface area contributed by atoms with Gasteiger partial charge in [0.25, 0.3) is 0 Å². The molecule has 1 rings (SSSR count). The highest BCUT2D eigenvalue weighted by atomic mass is 16.6. The minimum absolute atomic E-state index is 0.00985. The predicted molar refractivity (Wildman–Crippen MR) is 57.8 cm³/mol. The van der Waals surface area contributed by atoms with E-state index < -0.39 is 16.7 Å². The third-order valence-electron chi connectivity index (χ3n) is 1.75. The van der Waals surface area contributed by atoms with Crippen LogP contribution in [0.15, 0.2) is 30.0 Å². The van der Waals surface area contributed by atoms with Crippen molar-refractivity contribution in [3.8, 4) is 5.75 Å². The van der Waals surface area contributed by atoms with Crippen molar-refractivity contribution in [2.24, 2.45) is 0 Å². The molecule has 0 fully saturated rings. The van der Waals surface area contributed by atoms with Crippen LogP contribution in [0.4, 0.5) is 5.82 Å². The number of nitro groups is 1. The van der Waals surface area contributed by atoms with E-state index in [-0.39, 0.29) is 12.4 Å². The van der Waals surface area contributed by atoms with Crippen molar-refractivity contribution in [1.29, 1.82) is 0 Å². The number of nitrogens with zero attached hydrogens (tertiary/aromatic N) is 2. The third-order valence-corrected chi connectivity index (χ3v) is 1.75. The summed E-state index contributed by atoms with van der Waals surface area (Å²) >= 11 is 0. The largest absolute Gasteiger partial charge is 0.481 e. The average Bonchev–Trinajstić information content (AvgIpc) is 2.25. The second-order valence-corrected chi connectivity index (χ2v) is 3.20. The number of ether oxygens (including phenoxy) is 1. The first-order valence-electron chi connectivity index (χ1n) is 4.63. The molecule has 0 aliphatic heterocycles. The van der Waals surface area contributed by atoms with E-state index in [1.54, 1.807) is 6.92 Å². The van der Waals surface area contributed by atoms with Crippen LogP contribution in [0.1, 0.15) is 6.92 Å². The number of hydrogen-bond acceptors (Lipinski definition) is 5. The van der Waals surface area contributed by atoms with Gasteiger partial charge in [-0.1, -0.05) is 0 Å². The number of carboxylic acids is 1. The van der Waals surface area contributed by atoms with Crippen LogP contribution >= 0.6 is 0 Å². The van der Waals surface area contributed by atoms with Crippen molar-refractivity contribution < 1.29 is 19.6 Å². The van der Waals surface area contributed by atoms with Gasteiger partial charge in [0.05, 0.1) is 0 Å². The Morgan fingerprint density at radius 1 is 1.71 bits per heavy atom. The molecule has 0 spiro atoms. The molecular weight excluding hydrogens is 228 g/mol. The van der Waals surface area contributed by atoms with E-state index in [1.807, 2.05) is 0 Å². The molecule has 0 saturated carbocycles. The van der Waals surface area contributed by atoms with Crippen molar-refractivity contribution in [3.05, 3.63) is 40.1 Å². The van der Waals surface area contributed by atoms with E-state index in [0.717, 1.165) is 6.08 Å². The van der Waals surface area contributed by atoms with E-state index >= 15 is 0 Å². The van der Waals surface area contributed by atoms with Crippen molar-refractivity contribution in [1.82, 2.24) is 4.98 Å². The van der Waals surface area contributed by atoms with Crippen molar-refractivity contribution in [2.45, 2.75) is 6.92 Å². The van der Waals surface area contributed by atoms with E-state index in [4.69, 9.17) is 9.84 Å². The maximum Gasteiger partial charge on any atom is 0.406 e. The highest BCUT2D eigenvalue weighted by molar-refractivity contribution is 5.80. The van der Waals surface area contributed by atoms with Crippen LogP contribution in [0.5, 0.6) is 5.75 Å². The van der Waals surface area contributed by atoms with Gasteiger partial charge in [-0.15, -0.1) is 0 Å². The quantitative estimate of drug-likeness (QED) is 0.472. The summed E-state index contributed by atoms with van der Waals surface area (Å²) in [6, 6.07) is 2.90. The summed E-state index contributed by atoms with van der Waals surface area (Å²) in [5, 5.41) is 19.1. The molecule has 0 saturated heterocycles. The SMILES string of the molecule is CC(=CC(=O)O)COc1cccnc1[N+](=O)[O-]. The summed E-state index contributed by atoms with van der Waals surface area (Å²) in [5.41, 5.74) is 0.440. The highest BCUT2D eigenvalue weighted by Gasteiger charge is 2.15. The van der Waals surface area contributed by atoms with Crippen LogP contribution in [0, 0.1) is 10.1 Å². The first-order valence-corrected chi connectivity index (χ1v) is 4.63. The molecule has 0 aliphatic carbocycles. The van der Waals surface area contributed by atoms with Crippen LogP contribution in [0.25, 0.3) is 0 Å². The molecule has 0 aromatic carbocycles. The Morgan fingerprint density at radius 3 is 3.00 bits per heavy atom. The standard InChI is InChI=1S/C10H10N2O5/c1-7(5-9(13)14)6-17-8-3-2-4-11-10(8)12(15)16/h2-5H,6H2,1H3,(H,13,14). The first-order chi connectivity index (χ1) is 8.00.